The maximum absolute atomic E-state index is 10.8. The Labute approximate surface area is 341 Å². The largest absolute Gasteiger partial charge is 0.271 e. The third-order valence-corrected chi connectivity index (χ3v) is 10.4. The normalized spacial score (nSPS) is 11.2. The highest BCUT2D eigenvalue weighted by Gasteiger charge is 2.27. The van der Waals surface area contributed by atoms with Gasteiger partial charge >= 0.3 is 0 Å². The van der Waals surface area contributed by atoms with E-state index in [1.807, 2.05) is 109 Å². The van der Waals surface area contributed by atoms with E-state index in [0.717, 1.165) is 33.4 Å². The number of aromatic nitrogens is 2. The maximum atomic E-state index is 10.8. The lowest BCUT2D eigenvalue weighted by molar-refractivity contribution is 0.590. The molecular weight excluding hydrogens is 709 g/mol. The molecule has 0 aliphatic carbocycles. The molecule has 0 atom stereocenters. The molecule has 2 aromatic heterocycles. The summed E-state index contributed by atoms with van der Waals surface area (Å²) < 4.78 is 0. The quantitative estimate of drug-likeness (QED) is 0.159. The summed E-state index contributed by atoms with van der Waals surface area (Å²) in [6.07, 6.45) is 0. The van der Waals surface area contributed by atoms with Crippen LogP contribution in [-0.4, -0.2) is 9.97 Å². The molecule has 0 radical (unpaired) electrons. The molecule has 0 spiro atoms. The summed E-state index contributed by atoms with van der Waals surface area (Å²) in [7, 11) is 0. The average molecular weight is 749 g/mol. The Morgan fingerprint density at radius 1 is 0.414 bits per heavy atom. The number of nitriles is 2. The lowest BCUT2D eigenvalue weighted by atomic mass is 9.85. The third-order valence-electron chi connectivity index (χ3n) is 10.4. The van der Waals surface area contributed by atoms with Gasteiger partial charge in [-0.25, -0.2) is 14.7 Å². The van der Waals surface area contributed by atoms with E-state index < -0.39 is 0 Å². The second kappa shape index (κ2) is 15.5. The lowest BCUT2D eigenvalue weighted by Crippen LogP contribution is -2.10. The van der Waals surface area contributed by atoms with Crippen molar-refractivity contribution in [2.75, 3.05) is 0 Å². The number of rotatable bonds is 6. The summed E-state index contributed by atoms with van der Waals surface area (Å²) >= 11 is 0. The third kappa shape index (κ3) is 7.24. The first-order valence-electron chi connectivity index (χ1n) is 19.0. The zero-order chi connectivity index (χ0) is 41.2. The van der Waals surface area contributed by atoms with Crippen molar-refractivity contribution in [1.82, 2.24) is 9.97 Å². The van der Waals surface area contributed by atoms with Crippen LogP contribution < -0.4 is 0 Å². The first-order chi connectivity index (χ1) is 27.9. The second-order valence-electron chi connectivity index (χ2n) is 16.2. The second-order valence-corrected chi connectivity index (χ2v) is 16.2. The van der Waals surface area contributed by atoms with Gasteiger partial charge in [0.2, 0.25) is 11.4 Å². The molecule has 2 heterocycles. The molecular formula is C52H40N6. The van der Waals surface area contributed by atoms with Crippen molar-refractivity contribution in [3.05, 3.63) is 179 Å². The van der Waals surface area contributed by atoms with Gasteiger partial charge in [-0.05, 0) is 49.8 Å². The van der Waals surface area contributed by atoms with Crippen LogP contribution in [0.4, 0.5) is 11.4 Å². The smallest absolute Gasteiger partial charge is 0.210 e. The molecule has 0 amide bonds. The van der Waals surface area contributed by atoms with E-state index in [-0.39, 0.29) is 33.3 Å². The van der Waals surface area contributed by atoms with Gasteiger partial charge in [0.25, 0.3) is 0 Å². The van der Waals surface area contributed by atoms with E-state index in [9.17, 15) is 10.5 Å². The molecule has 0 N–H and O–H groups in total. The van der Waals surface area contributed by atoms with Gasteiger partial charge < -0.3 is 0 Å². The van der Waals surface area contributed by atoms with Gasteiger partial charge in [-0.15, -0.1) is 0 Å². The van der Waals surface area contributed by atoms with E-state index in [0.29, 0.717) is 45.0 Å². The number of benzene rings is 5. The summed E-state index contributed by atoms with van der Waals surface area (Å²) in [5, 5.41) is 21.6. The molecule has 7 rings (SSSR count). The topological polar surface area (TPSA) is 82.1 Å². The molecule has 0 fully saturated rings. The fourth-order valence-electron chi connectivity index (χ4n) is 7.22. The van der Waals surface area contributed by atoms with Crippen LogP contribution in [0.15, 0.2) is 133 Å². The molecule has 0 aliphatic rings. The molecule has 0 saturated carbocycles. The standard InChI is InChI=1S/C52H40N6/c1-51(2,3)39-27-23-37(24-28-39)46-42(32-54)43(41(31-53)45(57-46)35-15-11-9-12-16-35)33-19-21-34(22-20-33)44-49(55-7)47(36-17-13-10-14-18-36)58-48(50(44)56-8)38-25-29-40(30-26-38)52(4,5)6/h9-30H,1-6H3. The van der Waals surface area contributed by atoms with E-state index in [2.05, 4.69) is 87.6 Å². The van der Waals surface area contributed by atoms with Gasteiger partial charge in [0, 0.05) is 16.7 Å². The summed E-state index contributed by atoms with van der Waals surface area (Å²) in [5.41, 5.74) is 10.5. The Balaban J connectivity index is 1.47. The minimum atomic E-state index is -0.0642. The van der Waals surface area contributed by atoms with E-state index in [1.165, 1.54) is 0 Å². The van der Waals surface area contributed by atoms with Crippen LogP contribution in [0.1, 0.15) is 63.8 Å². The predicted molar refractivity (Wildman–Crippen MR) is 234 cm³/mol. The van der Waals surface area contributed by atoms with E-state index in [1.54, 1.807) is 0 Å². The first kappa shape index (κ1) is 38.6. The van der Waals surface area contributed by atoms with Gasteiger partial charge in [-0.3, -0.25) is 4.98 Å². The van der Waals surface area contributed by atoms with Crippen molar-refractivity contribution < 1.29 is 0 Å². The Morgan fingerprint density at radius 3 is 1.09 bits per heavy atom. The van der Waals surface area contributed by atoms with Crippen molar-refractivity contribution in [2.24, 2.45) is 0 Å². The van der Waals surface area contributed by atoms with Crippen LogP contribution in [0.25, 0.3) is 77.0 Å². The van der Waals surface area contributed by atoms with Crippen molar-refractivity contribution in [3.63, 3.8) is 0 Å². The molecule has 5 aromatic carbocycles. The monoisotopic (exact) mass is 748 g/mol. The summed E-state index contributed by atoms with van der Waals surface area (Å²) in [4.78, 5) is 18.1. The summed E-state index contributed by atoms with van der Waals surface area (Å²) in [6.45, 7) is 29.8. The Bertz CT molecular complexity index is 2630. The van der Waals surface area contributed by atoms with Crippen LogP contribution in [-0.2, 0) is 10.8 Å². The zero-order valence-corrected chi connectivity index (χ0v) is 33.4. The van der Waals surface area contributed by atoms with E-state index >= 15 is 0 Å². The van der Waals surface area contributed by atoms with Gasteiger partial charge in [-0.2, -0.15) is 10.5 Å². The molecule has 6 heteroatoms. The fraction of sp³-hybridized carbons (Fsp3) is 0.154. The van der Waals surface area contributed by atoms with Crippen LogP contribution in [0.2, 0.25) is 0 Å². The first-order valence-corrected chi connectivity index (χ1v) is 19.0. The molecule has 58 heavy (non-hydrogen) atoms. The minimum Gasteiger partial charge on any atom is -0.271 e. The molecule has 6 nitrogen and oxygen atoms in total. The van der Waals surface area contributed by atoms with Crippen LogP contribution in [0.3, 0.4) is 0 Å². The highest BCUT2D eigenvalue weighted by atomic mass is 14.8. The van der Waals surface area contributed by atoms with Crippen molar-refractivity contribution in [2.45, 2.75) is 52.4 Å². The summed E-state index contributed by atoms with van der Waals surface area (Å²) in [5.74, 6) is 0. The number of hydrogen-bond acceptors (Lipinski definition) is 4. The highest BCUT2D eigenvalue weighted by molar-refractivity contribution is 6.02. The Kier molecular flexibility index (Phi) is 10.3. The van der Waals surface area contributed by atoms with Crippen molar-refractivity contribution in [1.29, 1.82) is 10.5 Å². The zero-order valence-electron chi connectivity index (χ0n) is 33.4. The Morgan fingerprint density at radius 2 is 0.724 bits per heavy atom. The van der Waals surface area contributed by atoms with Crippen molar-refractivity contribution >= 4 is 11.4 Å². The number of hydrogen-bond donors (Lipinski definition) is 0. The lowest BCUT2D eigenvalue weighted by Gasteiger charge is -2.20. The minimum absolute atomic E-state index is 0.0597. The molecule has 0 unspecified atom stereocenters. The van der Waals surface area contributed by atoms with E-state index in [4.69, 9.17) is 23.1 Å². The van der Waals surface area contributed by atoms with Crippen LogP contribution in [0.5, 0.6) is 0 Å². The van der Waals surface area contributed by atoms with Gasteiger partial charge in [0.1, 0.15) is 12.1 Å². The van der Waals surface area contributed by atoms with Crippen molar-refractivity contribution in [3.8, 4) is 79.4 Å². The highest BCUT2D eigenvalue weighted by Crippen LogP contribution is 2.49. The number of pyridine rings is 2. The van der Waals surface area contributed by atoms with Crippen LogP contribution >= 0.6 is 0 Å². The summed E-state index contributed by atoms with van der Waals surface area (Å²) in [6, 6.07) is 47.5. The Hall–Kier alpha value is -7.64. The predicted octanol–water partition coefficient (Wildman–Crippen LogP) is 13.9. The van der Waals surface area contributed by atoms with Gasteiger partial charge in [-0.1, -0.05) is 175 Å². The van der Waals surface area contributed by atoms with Gasteiger partial charge in [0.05, 0.1) is 47.0 Å². The molecule has 0 bridgehead atoms. The SMILES string of the molecule is [C-]#[N+]c1c(-c2ccccc2)nc(-c2ccc(C(C)(C)C)cc2)c([N+]#[C-])c1-c1ccc(-c2c(C#N)c(-c3ccccc3)nc(-c3ccc(C(C)(C)C)cc3)c2C#N)cc1. The molecule has 7 aromatic rings. The molecule has 0 aliphatic heterocycles. The average Bonchev–Trinajstić information content (AvgIpc) is 3.25. The maximum Gasteiger partial charge on any atom is 0.210 e. The number of nitrogens with zero attached hydrogens (tertiary/aromatic N) is 6. The van der Waals surface area contributed by atoms with Gasteiger partial charge in [0.15, 0.2) is 0 Å². The molecule has 0 saturated heterocycles. The molecule has 278 valence electrons. The van der Waals surface area contributed by atoms with Crippen LogP contribution in [0, 0.1) is 35.8 Å². The fourth-order valence-corrected chi connectivity index (χ4v) is 7.22.